The highest BCUT2D eigenvalue weighted by Crippen LogP contribution is 2.21. The van der Waals surface area contributed by atoms with Crippen LogP contribution in [-0.4, -0.2) is 37.8 Å². The van der Waals surface area contributed by atoms with Gasteiger partial charge in [-0.15, -0.1) is 0 Å². The number of hydrogen-bond donors (Lipinski definition) is 2. The second kappa shape index (κ2) is 8.75. The maximum Gasteiger partial charge on any atom is 0.251 e. The minimum Gasteiger partial charge on any atom is -0.391 e. The highest BCUT2D eigenvalue weighted by Gasteiger charge is 2.25. The molecule has 0 aromatic heterocycles. The molecule has 2 atom stereocenters. The first-order valence-electron chi connectivity index (χ1n) is 9.45. The molecule has 0 saturated heterocycles. The number of carbonyl (C=O) groups excluding carboxylic acids is 1. The zero-order chi connectivity index (χ0) is 20.1. The largest absolute Gasteiger partial charge is 0.391 e. The number of nitrogens with zero attached hydrogens (tertiary/aromatic N) is 1. The van der Waals surface area contributed by atoms with E-state index in [0.717, 1.165) is 24.8 Å². The molecule has 1 amide bonds. The van der Waals surface area contributed by atoms with E-state index in [1.807, 2.05) is 6.07 Å². The summed E-state index contributed by atoms with van der Waals surface area (Å²) in [6.45, 7) is 0.187. The molecule has 1 aliphatic carbocycles. The van der Waals surface area contributed by atoms with Gasteiger partial charge in [0, 0.05) is 5.56 Å². The first-order chi connectivity index (χ1) is 13.3. The van der Waals surface area contributed by atoms with Gasteiger partial charge in [-0.25, -0.2) is 8.42 Å². The molecule has 1 saturated carbocycles. The molecule has 0 spiro atoms. The summed E-state index contributed by atoms with van der Waals surface area (Å²) in [5.41, 5.74) is 1.87. The maximum atomic E-state index is 12.4. The summed E-state index contributed by atoms with van der Waals surface area (Å²) in [6.07, 6.45) is 4.17. The quantitative estimate of drug-likeness (QED) is 0.778. The van der Waals surface area contributed by atoms with Crippen molar-refractivity contribution in [2.45, 2.75) is 44.4 Å². The highest BCUT2D eigenvalue weighted by molar-refractivity contribution is 7.92. The van der Waals surface area contributed by atoms with Crippen LogP contribution in [0.5, 0.6) is 0 Å². The highest BCUT2D eigenvalue weighted by atomic mass is 32.2. The Balaban J connectivity index is 1.70. The van der Waals surface area contributed by atoms with Crippen LogP contribution in [0.3, 0.4) is 0 Å². The van der Waals surface area contributed by atoms with E-state index in [-0.39, 0.29) is 18.5 Å². The summed E-state index contributed by atoms with van der Waals surface area (Å²) in [5.74, 6) is -0.222. The summed E-state index contributed by atoms with van der Waals surface area (Å²) in [6, 6.07) is 15.6. The molecule has 0 bridgehead atoms. The Kier molecular flexibility index (Phi) is 6.36. The number of benzene rings is 2. The molecule has 6 nitrogen and oxygen atoms in total. The molecule has 7 heteroatoms. The fourth-order valence-corrected chi connectivity index (χ4v) is 4.34. The second-order valence-electron chi connectivity index (χ2n) is 7.23. The lowest BCUT2D eigenvalue weighted by Crippen LogP contribution is -2.45. The lowest BCUT2D eigenvalue weighted by Gasteiger charge is -2.28. The third-order valence-electron chi connectivity index (χ3n) is 5.03. The van der Waals surface area contributed by atoms with Gasteiger partial charge in [-0.3, -0.25) is 9.10 Å². The van der Waals surface area contributed by atoms with Gasteiger partial charge in [-0.2, -0.15) is 0 Å². The van der Waals surface area contributed by atoms with Gasteiger partial charge < -0.3 is 10.4 Å². The summed E-state index contributed by atoms with van der Waals surface area (Å²) < 4.78 is 25.7. The Morgan fingerprint density at radius 2 is 1.71 bits per heavy atom. The van der Waals surface area contributed by atoms with Crippen LogP contribution in [0.4, 0.5) is 5.69 Å². The zero-order valence-electron chi connectivity index (χ0n) is 15.9. The average molecular weight is 403 g/mol. The molecular weight excluding hydrogens is 376 g/mol. The van der Waals surface area contributed by atoms with E-state index in [2.05, 4.69) is 5.32 Å². The predicted molar refractivity (Wildman–Crippen MR) is 110 cm³/mol. The van der Waals surface area contributed by atoms with Crippen molar-refractivity contribution in [3.05, 3.63) is 65.7 Å². The van der Waals surface area contributed by atoms with Gasteiger partial charge in [0.15, 0.2) is 0 Å². The molecule has 0 radical (unpaired) electrons. The molecule has 0 unspecified atom stereocenters. The van der Waals surface area contributed by atoms with Crippen LogP contribution >= 0.6 is 0 Å². The number of rotatable bonds is 6. The Bertz CT molecular complexity index is 898. The zero-order valence-corrected chi connectivity index (χ0v) is 16.7. The fourth-order valence-electron chi connectivity index (χ4n) is 3.45. The van der Waals surface area contributed by atoms with Crippen LogP contribution in [0.25, 0.3) is 0 Å². The van der Waals surface area contributed by atoms with Crippen LogP contribution in [-0.2, 0) is 16.6 Å². The lowest BCUT2D eigenvalue weighted by molar-refractivity contribution is 0.0717. The molecule has 28 heavy (non-hydrogen) atoms. The van der Waals surface area contributed by atoms with Crippen LogP contribution < -0.4 is 9.62 Å². The Labute approximate surface area is 166 Å². The average Bonchev–Trinajstić information content (AvgIpc) is 2.68. The summed E-state index contributed by atoms with van der Waals surface area (Å²) >= 11 is 0. The first-order valence-corrected chi connectivity index (χ1v) is 11.3. The molecule has 0 aliphatic heterocycles. The van der Waals surface area contributed by atoms with Gasteiger partial charge in [-0.05, 0) is 42.7 Å². The van der Waals surface area contributed by atoms with E-state index in [4.69, 9.17) is 0 Å². The molecule has 0 heterocycles. The van der Waals surface area contributed by atoms with E-state index in [9.17, 15) is 18.3 Å². The number of carbonyl (C=O) groups is 1. The summed E-state index contributed by atoms with van der Waals surface area (Å²) in [7, 11) is -3.44. The Hall–Kier alpha value is -2.38. The van der Waals surface area contributed by atoms with Crippen molar-refractivity contribution in [2.75, 3.05) is 10.6 Å². The molecule has 1 aliphatic rings. The fraction of sp³-hybridized carbons (Fsp3) is 0.381. The van der Waals surface area contributed by atoms with Crippen molar-refractivity contribution >= 4 is 21.6 Å². The molecule has 150 valence electrons. The lowest BCUT2D eigenvalue weighted by atomic mass is 9.92. The molecule has 3 rings (SSSR count). The number of hydrogen-bond acceptors (Lipinski definition) is 4. The number of amides is 1. The minimum absolute atomic E-state index is 0.187. The summed E-state index contributed by atoms with van der Waals surface area (Å²) in [5, 5.41) is 12.9. The number of para-hydroxylation sites is 1. The second-order valence-corrected chi connectivity index (χ2v) is 9.14. The molecule has 2 aromatic carbocycles. The number of aliphatic hydroxyl groups excluding tert-OH is 1. The third kappa shape index (κ3) is 5.11. The van der Waals surface area contributed by atoms with Crippen LogP contribution in [0.2, 0.25) is 0 Å². The number of aliphatic hydroxyl groups is 1. The van der Waals surface area contributed by atoms with Crippen molar-refractivity contribution in [2.24, 2.45) is 0 Å². The van der Waals surface area contributed by atoms with Gasteiger partial charge in [-0.1, -0.05) is 43.2 Å². The normalized spacial score (nSPS) is 19.8. The van der Waals surface area contributed by atoms with Crippen LogP contribution in [0.1, 0.15) is 41.6 Å². The van der Waals surface area contributed by atoms with Gasteiger partial charge in [0.2, 0.25) is 10.0 Å². The molecule has 1 fully saturated rings. The van der Waals surface area contributed by atoms with Crippen molar-refractivity contribution in [3.63, 3.8) is 0 Å². The standard InChI is InChI=1S/C21H26N2O4S/c1-28(26,27)23(18-7-3-2-4-8-18)15-16-11-13-17(14-12-16)21(25)22-19-9-5-6-10-20(19)24/h2-4,7-8,11-14,19-20,24H,5-6,9-10,15H2,1H3,(H,22,25)/t19-,20+/m0/s1. The van der Waals surface area contributed by atoms with E-state index in [1.165, 1.54) is 10.6 Å². The topological polar surface area (TPSA) is 86.7 Å². The van der Waals surface area contributed by atoms with Gasteiger partial charge in [0.1, 0.15) is 0 Å². The smallest absolute Gasteiger partial charge is 0.251 e. The molecular formula is C21H26N2O4S. The van der Waals surface area contributed by atoms with Gasteiger partial charge in [0.25, 0.3) is 5.91 Å². The van der Waals surface area contributed by atoms with E-state index in [1.54, 1.807) is 48.5 Å². The van der Waals surface area contributed by atoms with Crippen molar-refractivity contribution < 1.29 is 18.3 Å². The maximum absolute atomic E-state index is 12.4. The number of nitrogens with one attached hydrogen (secondary N) is 1. The SMILES string of the molecule is CS(=O)(=O)N(Cc1ccc(C(=O)N[C@H]2CCCC[C@H]2O)cc1)c1ccccc1. The first kappa shape index (κ1) is 20.4. The van der Waals surface area contributed by atoms with Gasteiger partial charge >= 0.3 is 0 Å². The number of anilines is 1. The molecule has 2 aromatic rings. The minimum atomic E-state index is -3.44. The third-order valence-corrected chi connectivity index (χ3v) is 6.17. The molecule has 2 N–H and O–H groups in total. The van der Waals surface area contributed by atoms with Crippen molar-refractivity contribution in [1.29, 1.82) is 0 Å². The predicted octanol–water partition coefficient (Wildman–Crippen LogP) is 2.69. The number of sulfonamides is 1. The van der Waals surface area contributed by atoms with Crippen molar-refractivity contribution in [3.8, 4) is 0 Å². The van der Waals surface area contributed by atoms with Gasteiger partial charge in [0.05, 0.1) is 30.6 Å². The van der Waals surface area contributed by atoms with E-state index < -0.39 is 16.1 Å². The van der Waals surface area contributed by atoms with Crippen molar-refractivity contribution in [1.82, 2.24) is 5.32 Å². The van der Waals surface area contributed by atoms with Crippen LogP contribution in [0, 0.1) is 0 Å². The van der Waals surface area contributed by atoms with E-state index >= 15 is 0 Å². The van der Waals surface area contributed by atoms with E-state index in [0.29, 0.717) is 17.7 Å². The Morgan fingerprint density at radius 3 is 2.32 bits per heavy atom. The summed E-state index contributed by atoms with van der Waals surface area (Å²) in [4.78, 5) is 12.4. The van der Waals surface area contributed by atoms with Crippen LogP contribution in [0.15, 0.2) is 54.6 Å². The monoisotopic (exact) mass is 402 g/mol. The Morgan fingerprint density at radius 1 is 1.07 bits per heavy atom.